The smallest absolute Gasteiger partial charge is 0.422 e. The molecule has 0 saturated heterocycles. The number of nitrogens with zero attached hydrogens (tertiary/aromatic N) is 2. The fourth-order valence-electron chi connectivity index (χ4n) is 2.29. The van der Waals surface area contributed by atoms with Gasteiger partial charge in [0.05, 0.1) is 37.1 Å². The van der Waals surface area contributed by atoms with Gasteiger partial charge in [0.1, 0.15) is 5.75 Å². The van der Waals surface area contributed by atoms with E-state index in [1.807, 2.05) is 0 Å². The van der Waals surface area contributed by atoms with Gasteiger partial charge in [0, 0.05) is 17.9 Å². The second-order valence-electron chi connectivity index (χ2n) is 5.44. The van der Waals surface area contributed by atoms with E-state index in [1.54, 1.807) is 25.4 Å². The van der Waals surface area contributed by atoms with Gasteiger partial charge in [0.2, 0.25) is 0 Å². The zero-order valence-electron chi connectivity index (χ0n) is 14.5. The van der Waals surface area contributed by atoms with Crippen LogP contribution in [0.25, 0.3) is 11.0 Å². The molecule has 1 N–H and O–H groups in total. The van der Waals surface area contributed by atoms with Gasteiger partial charge in [-0.2, -0.15) is 13.2 Å². The molecule has 0 aliphatic heterocycles. The zero-order valence-corrected chi connectivity index (χ0v) is 15.3. The molecule has 27 heavy (non-hydrogen) atoms. The number of thioether (sulfide) groups is 1. The predicted octanol–water partition coefficient (Wildman–Crippen LogP) is 4.21. The predicted molar refractivity (Wildman–Crippen MR) is 94.5 cm³/mol. The van der Waals surface area contributed by atoms with E-state index in [2.05, 4.69) is 15.0 Å². The Bertz CT molecular complexity index is 931. The standard InChI is InChI=1S/C17H16F3N3O3S/c1-24-14-5-10(21-7-15(14)25-2)8-27-16-22-12-4-3-11(6-13(12)23-16)26-9-17(18,19)20/h3-7H,8-9H2,1-2H3,(H,22,23). The second kappa shape index (κ2) is 7.95. The number of ether oxygens (including phenoxy) is 3. The molecule has 0 bridgehead atoms. The molecule has 0 saturated carbocycles. The van der Waals surface area contributed by atoms with Crippen molar-refractivity contribution < 1.29 is 27.4 Å². The first-order valence-electron chi connectivity index (χ1n) is 7.77. The summed E-state index contributed by atoms with van der Waals surface area (Å²) in [5.74, 6) is 1.78. The van der Waals surface area contributed by atoms with Crippen LogP contribution in [0.5, 0.6) is 17.2 Å². The lowest BCUT2D eigenvalue weighted by molar-refractivity contribution is -0.153. The lowest BCUT2D eigenvalue weighted by atomic mass is 10.3. The number of aromatic nitrogens is 3. The van der Waals surface area contributed by atoms with Crippen LogP contribution in [0.15, 0.2) is 35.6 Å². The summed E-state index contributed by atoms with van der Waals surface area (Å²) >= 11 is 1.41. The molecule has 2 aromatic heterocycles. The van der Waals surface area contributed by atoms with Crippen molar-refractivity contribution in [1.29, 1.82) is 0 Å². The van der Waals surface area contributed by atoms with Gasteiger partial charge in [-0.3, -0.25) is 4.98 Å². The van der Waals surface area contributed by atoms with Gasteiger partial charge in [-0.1, -0.05) is 11.8 Å². The molecule has 0 aliphatic carbocycles. The fourth-order valence-corrected chi connectivity index (χ4v) is 3.08. The van der Waals surface area contributed by atoms with Gasteiger partial charge in [0.25, 0.3) is 0 Å². The number of alkyl halides is 3. The minimum absolute atomic E-state index is 0.126. The summed E-state index contributed by atoms with van der Waals surface area (Å²) < 4.78 is 51.9. The first-order chi connectivity index (χ1) is 12.9. The monoisotopic (exact) mass is 399 g/mol. The molecule has 0 fully saturated rings. The highest BCUT2D eigenvalue weighted by Gasteiger charge is 2.28. The Balaban J connectivity index is 1.69. The number of halogens is 3. The largest absolute Gasteiger partial charge is 0.493 e. The van der Waals surface area contributed by atoms with E-state index >= 15 is 0 Å². The van der Waals surface area contributed by atoms with Crippen LogP contribution in [-0.4, -0.2) is 42.0 Å². The molecule has 0 atom stereocenters. The number of pyridine rings is 1. The highest BCUT2D eigenvalue weighted by molar-refractivity contribution is 7.98. The van der Waals surface area contributed by atoms with Crippen LogP contribution in [0.3, 0.4) is 0 Å². The highest BCUT2D eigenvalue weighted by atomic mass is 32.2. The Morgan fingerprint density at radius 1 is 1.11 bits per heavy atom. The highest BCUT2D eigenvalue weighted by Crippen LogP contribution is 2.30. The number of fused-ring (bicyclic) bond motifs is 1. The summed E-state index contributed by atoms with van der Waals surface area (Å²) in [5.41, 5.74) is 2.00. The van der Waals surface area contributed by atoms with E-state index in [9.17, 15) is 13.2 Å². The lowest BCUT2D eigenvalue weighted by Crippen LogP contribution is -2.19. The molecule has 144 valence electrons. The number of hydrogen-bond acceptors (Lipinski definition) is 6. The first kappa shape index (κ1) is 19.2. The second-order valence-corrected chi connectivity index (χ2v) is 6.41. The molecular weight excluding hydrogens is 383 g/mol. The molecule has 6 nitrogen and oxygen atoms in total. The maximum Gasteiger partial charge on any atom is 0.422 e. The van der Waals surface area contributed by atoms with Crippen molar-refractivity contribution in [3.63, 3.8) is 0 Å². The normalized spacial score (nSPS) is 11.6. The van der Waals surface area contributed by atoms with E-state index in [1.165, 1.54) is 31.0 Å². The van der Waals surface area contributed by atoms with Gasteiger partial charge < -0.3 is 19.2 Å². The molecule has 0 amide bonds. The van der Waals surface area contributed by atoms with Crippen molar-refractivity contribution >= 4 is 22.8 Å². The number of nitrogens with one attached hydrogen (secondary N) is 1. The molecule has 0 unspecified atom stereocenters. The molecule has 0 radical (unpaired) electrons. The van der Waals surface area contributed by atoms with Crippen LogP contribution >= 0.6 is 11.8 Å². The third-order valence-corrected chi connectivity index (χ3v) is 4.43. The maximum atomic E-state index is 12.3. The van der Waals surface area contributed by atoms with E-state index in [0.29, 0.717) is 33.4 Å². The Kier molecular flexibility index (Phi) is 5.64. The van der Waals surface area contributed by atoms with Crippen LogP contribution < -0.4 is 14.2 Å². The van der Waals surface area contributed by atoms with Crippen LogP contribution in [0.1, 0.15) is 5.69 Å². The maximum absolute atomic E-state index is 12.3. The topological polar surface area (TPSA) is 69.3 Å². The average molecular weight is 399 g/mol. The van der Waals surface area contributed by atoms with Crippen molar-refractivity contribution in [3.8, 4) is 17.2 Å². The summed E-state index contributed by atoms with van der Waals surface area (Å²) in [6.07, 6.45) is -2.80. The molecule has 0 aliphatic rings. The minimum atomic E-state index is -4.38. The van der Waals surface area contributed by atoms with Crippen LogP contribution in [0.4, 0.5) is 13.2 Å². The lowest BCUT2D eigenvalue weighted by Gasteiger charge is -2.08. The first-order valence-corrected chi connectivity index (χ1v) is 8.75. The van der Waals surface area contributed by atoms with E-state index in [4.69, 9.17) is 14.2 Å². The molecule has 10 heteroatoms. The Morgan fingerprint density at radius 2 is 1.89 bits per heavy atom. The van der Waals surface area contributed by atoms with Crippen molar-refractivity contribution in [2.45, 2.75) is 17.1 Å². The van der Waals surface area contributed by atoms with E-state index in [0.717, 1.165) is 5.69 Å². The van der Waals surface area contributed by atoms with Crippen molar-refractivity contribution in [3.05, 3.63) is 36.2 Å². The Labute approximate surface area is 157 Å². The minimum Gasteiger partial charge on any atom is -0.493 e. The third-order valence-electron chi connectivity index (χ3n) is 3.52. The van der Waals surface area contributed by atoms with Gasteiger partial charge in [-0.25, -0.2) is 4.98 Å². The summed E-state index contributed by atoms with van der Waals surface area (Å²) in [5, 5.41) is 0.620. The van der Waals surface area contributed by atoms with Crippen LogP contribution in [0, 0.1) is 0 Å². The summed E-state index contributed by atoms with van der Waals surface area (Å²) in [7, 11) is 3.08. The number of H-pyrrole nitrogens is 1. The van der Waals surface area contributed by atoms with Gasteiger partial charge >= 0.3 is 6.18 Å². The number of benzene rings is 1. The van der Waals surface area contributed by atoms with Crippen LogP contribution in [0.2, 0.25) is 0 Å². The third kappa shape index (κ3) is 4.97. The fraction of sp³-hybridized carbons (Fsp3) is 0.294. The number of aromatic amines is 1. The summed E-state index contributed by atoms with van der Waals surface area (Å²) in [6.45, 7) is -1.33. The quantitative estimate of drug-likeness (QED) is 0.601. The van der Waals surface area contributed by atoms with Crippen molar-refractivity contribution in [2.75, 3.05) is 20.8 Å². The van der Waals surface area contributed by atoms with Gasteiger partial charge in [-0.15, -0.1) is 0 Å². The molecule has 1 aromatic carbocycles. The van der Waals surface area contributed by atoms with Gasteiger partial charge in [0.15, 0.2) is 23.3 Å². The summed E-state index contributed by atoms with van der Waals surface area (Å²) in [6, 6.07) is 6.33. The molecular formula is C17H16F3N3O3S. The Hall–Kier alpha value is -2.62. The number of imidazole rings is 1. The van der Waals surface area contributed by atoms with Crippen LogP contribution in [-0.2, 0) is 5.75 Å². The van der Waals surface area contributed by atoms with Crippen molar-refractivity contribution in [1.82, 2.24) is 15.0 Å². The number of rotatable bonds is 7. The Morgan fingerprint density at radius 3 is 2.59 bits per heavy atom. The molecule has 2 heterocycles. The molecule has 3 aromatic rings. The van der Waals surface area contributed by atoms with Gasteiger partial charge in [-0.05, 0) is 12.1 Å². The van der Waals surface area contributed by atoms with E-state index < -0.39 is 12.8 Å². The van der Waals surface area contributed by atoms with Crippen molar-refractivity contribution in [2.24, 2.45) is 0 Å². The summed E-state index contributed by atoms with van der Waals surface area (Å²) in [4.78, 5) is 11.8. The average Bonchev–Trinajstić information content (AvgIpc) is 3.06. The SMILES string of the molecule is COc1cnc(CSc2nc3ccc(OCC(F)(F)F)cc3[nH]2)cc1OC. The number of methoxy groups -OCH3 is 2. The number of hydrogen-bond donors (Lipinski definition) is 1. The molecule has 3 rings (SSSR count). The molecule has 0 spiro atoms. The zero-order chi connectivity index (χ0) is 19.4. The van der Waals surface area contributed by atoms with E-state index in [-0.39, 0.29) is 5.75 Å².